The van der Waals surface area contributed by atoms with Crippen molar-refractivity contribution in [3.05, 3.63) is 71.3 Å². The van der Waals surface area contributed by atoms with Gasteiger partial charge in [0, 0.05) is 33.8 Å². The Labute approximate surface area is 198 Å². The Kier molecular flexibility index (Phi) is 9.09. The molecule has 1 saturated heterocycles. The molecule has 2 amide bonds. The smallest absolute Gasteiger partial charge is 0.240 e. The Morgan fingerprint density at radius 3 is 2.47 bits per heavy atom. The molecule has 7 nitrogen and oxygen atoms in total. The number of nitrogens with one attached hydrogen (secondary N) is 1. The lowest BCUT2D eigenvalue weighted by atomic mass is 10.00. The molecule has 0 radical (unpaired) electrons. The van der Waals surface area contributed by atoms with E-state index in [0.717, 1.165) is 5.56 Å². The maximum Gasteiger partial charge on any atom is 0.240 e. The van der Waals surface area contributed by atoms with E-state index in [1.165, 1.54) is 18.2 Å². The van der Waals surface area contributed by atoms with E-state index in [2.05, 4.69) is 5.32 Å². The van der Waals surface area contributed by atoms with Crippen molar-refractivity contribution in [3.63, 3.8) is 0 Å². The molecule has 0 saturated carbocycles. The second-order valence-electron chi connectivity index (χ2n) is 8.50. The lowest BCUT2D eigenvalue weighted by Gasteiger charge is -2.44. The molecule has 184 valence electrons. The summed E-state index contributed by atoms with van der Waals surface area (Å²) in [6, 6.07) is 10.6. The van der Waals surface area contributed by atoms with Crippen molar-refractivity contribution in [3.8, 4) is 0 Å². The molecule has 34 heavy (non-hydrogen) atoms. The molecule has 3 unspecified atom stereocenters. The molecule has 2 aromatic carbocycles. The molecule has 1 aliphatic rings. The molecule has 9 heteroatoms. The molecular weight excluding hydrogens is 442 g/mol. The number of carbonyl (C=O) groups excluding carboxylic acids is 2. The first kappa shape index (κ1) is 25.7. The Bertz CT molecular complexity index is 973. The van der Waals surface area contributed by atoms with E-state index < -0.39 is 12.1 Å². The average molecular weight is 475 g/mol. The van der Waals surface area contributed by atoms with Crippen molar-refractivity contribution in [1.29, 1.82) is 0 Å². The van der Waals surface area contributed by atoms with Crippen molar-refractivity contribution in [2.24, 2.45) is 5.73 Å². The van der Waals surface area contributed by atoms with Crippen LogP contribution in [-0.2, 0) is 27.2 Å². The van der Waals surface area contributed by atoms with E-state index in [4.69, 9.17) is 10.5 Å². The van der Waals surface area contributed by atoms with Gasteiger partial charge in [-0.15, -0.1) is 0 Å². The van der Waals surface area contributed by atoms with Crippen LogP contribution in [0.25, 0.3) is 0 Å². The van der Waals surface area contributed by atoms with Gasteiger partial charge in [-0.3, -0.25) is 14.5 Å². The van der Waals surface area contributed by atoms with Gasteiger partial charge in [0.15, 0.2) is 0 Å². The van der Waals surface area contributed by atoms with E-state index in [1.807, 2.05) is 4.90 Å². The first-order valence-electron chi connectivity index (χ1n) is 11.3. The number of methoxy groups -OCH3 is 1. The Hall–Kier alpha value is -2.88. The van der Waals surface area contributed by atoms with Crippen LogP contribution in [0.1, 0.15) is 11.1 Å². The third kappa shape index (κ3) is 6.37. The molecule has 1 aliphatic heterocycles. The molecule has 0 spiro atoms. The Morgan fingerprint density at radius 1 is 1.12 bits per heavy atom. The van der Waals surface area contributed by atoms with Crippen LogP contribution in [0.2, 0.25) is 0 Å². The lowest BCUT2D eigenvalue weighted by Crippen LogP contribution is -2.63. The zero-order chi connectivity index (χ0) is 24.7. The van der Waals surface area contributed by atoms with Crippen molar-refractivity contribution in [2.75, 3.05) is 40.4 Å². The summed E-state index contributed by atoms with van der Waals surface area (Å²) >= 11 is 0. The molecule has 0 aromatic heterocycles. The summed E-state index contributed by atoms with van der Waals surface area (Å²) in [5.74, 6) is -1.14. The number of rotatable bonds is 9. The molecule has 0 bridgehead atoms. The largest absolute Gasteiger partial charge is 0.382 e. The van der Waals surface area contributed by atoms with Crippen LogP contribution in [0.4, 0.5) is 8.78 Å². The van der Waals surface area contributed by atoms with Gasteiger partial charge in [-0.05, 0) is 42.2 Å². The normalized spacial score (nSPS) is 18.4. The van der Waals surface area contributed by atoms with Crippen molar-refractivity contribution >= 4 is 11.8 Å². The topological polar surface area (TPSA) is 87.9 Å². The number of hydrogen-bond donors (Lipinski definition) is 2. The Morgan fingerprint density at radius 2 is 1.82 bits per heavy atom. The molecule has 0 aliphatic carbocycles. The highest BCUT2D eigenvalue weighted by Gasteiger charge is 2.37. The zero-order valence-electron chi connectivity index (χ0n) is 19.5. The summed E-state index contributed by atoms with van der Waals surface area (Å²) in [7, 11) is 3.10. The van der Waals surface area contributed by atoms with Gasteiger partial charge < -0.3 is 20.7 Å². The van der Waals surface area contributed by atoms with Gasteiger partial charge in [0.05, 0.1) is 24.7 Å². The van der Waals surface area contributed by atoms with Gasteiger partial charge >= 0.3 is 0 Å². The zero-order valence-corrected chi connectivity index (χ0v) is 19.5. The van der Waals surface area contributed by atoms with E-state index in [1.54, 1.807) is 49.4 Å². The third-order valence-electron chi connectivity index (χ3n) is 6.20. The van der Waals surface area contributed by atoms with Gasteiger partial charge in [0.2, 0.25) is 11.8 Å². The van der Waals surface area contributed by atoms with Crippen LogP contribution < -0.4 is 11.1 Å². The minimum atomic E-state index is -0.787. The van der Waals surface area contributed by atoms with Crippen LogP contribution >= 0.6 is 0 Å². The number of benzene rings is 2. The van der Waals surface area contributed by atoms with Crippen LogP contribution in [0, 0.1) is 11.6 Å². The molecule has 3 atom stereocenters. The van der Waals surface area contributed by atoms with Crippen LogP contribution in [0.5, 0.6) is 0 Å². The SMILES string of the molecule is CNC(=O)C(Cc1ccccc1F)N1CCN(C(=O)C(N)Cc2ccc(F)cc2)C(COC)C1. The maximum absolute atomic E-state index is 14.3. The highest BCUT2D eigenvalue weighted by molar-refractivity contribution is 5.83. The minimum Gasteiger partial charge on any atom is -0.382 e. The van der Waals surface area contributed by atoms with Crippen LogP contribution in [-0.4, -0.2) is 80.1 Å². The fraction of sp³-hybridized carbons (Fsp3) is 0.440. The summed E-state index contributed by atoms with van der Waals surface area (Å²) in [6.45, 7) is 1.44. The summed E-state index contributed by atoms with van der Waals surface area (Å²) in [5.41, 5.74) is 7.44. The molecule has 1 fully saturated rings. The monoisotopic (exact) mass is 474 g/mol. The molecule has 3 N–H and O–H groups in total. The third-order valence-corrected chi connectivity index (χ3v) is 6.20. The van der Waals surface area contributed by atoms with Crippen molar-refractivity contribution in [1.82, 2.24) is 15.1 Å². The number of likely N-dealkylation sites (N-methyl/N-ethyl adjacent to an activating group) is 1. The van der Waals surface area contributed by atoms with Crippen molar-refractivity contribution in [2.45, 2.75) is 31.0 Å². The number of amides is 2. The number of nitrogens with two attached hydrogens (primary N) is 1. The average Bonchev–Trinajstić information content (AvgIpc) is 2.84. The van der Waals surface area contributed by atoms with Crippen LogP contribution in [0.3, 0.4) is 0 Å². The van der Waals surface area contributed by atoms with E-state index >= 15 is 0 Å². The first-order chi connectivity index (χ1) is 16.3. The minimum absolute atomic E-state index is 0.212. The number of nitrogens with zero attached hydrogens (tertiary/aromatic N) is 2. The van der Waals surface area contributed by atoms with Gasteiger partial charge in [-0.1, -0.05) is 30.3 Å². The van der Waals surface area contributed by atoms with E-state index in [0.29, 0.717) is 25.2 Å². The number of hydrogen-bond acceptors (Lipinski definition) is 5. The van der Waals surface area contributed by atoms with Crippen molar-refractivity contribution < 1.29 is 23.1 Å². The quantitative estimate of drug-likeness (QED) is 0.573. The summed E-state index contributed by atoms with van der Waals surface area (Å²) < 4.78 is 32.8. The number of halogens is 2. The first-order valence-corrected chi connectivity index (χ1v) is 11.3. The van der Waals surface area contributed by atoms with Gasteiger partial charge in [-0.2, -0.15) is 0 Å². The predicted molar refractivity (Wildman–Crippen MR) is 125 cm³/mol. The van der Waals surface area contributed by atoms with E-state index in [9.17, 15) is 18.4 Å². The summed E-state index contributed by atoms with van der Waals surface area (Å²) in [4.78, 5) is 29.5. The molecular formula is C25H32F2N4O3. The highest BCUT2D eigenvalue weighted by Crippen LogP contribution is 2.19. The molecule has 2 aromatic rings. The number of piperazine rings is 1. The number of carbonyl (C=O) groups is 2. The Balaban J connectivity index is 1.72. The predicted octanol–water partition coefficient (Wildman–Crippen LogP) is 1.35. The fourth-order valence-corrected chi connectivity index (χ4v) is 4.39. The highest BCUT2D eigenvalue weighted by atomic mass is 19.1. The molecule has 1 heterocycles. The van der Waals surface area contributed by atoms with E-state index in [-0.39, 0.29) is 48.9 Å². The summed E-state index contributed by atoms with van der Waals surface area (Å²) in [5, 5.41) is 2.67. The van der Waals surface area contributed by atoms with Gasteiger partial charge in [-0.25, -0.2) is 8.78 Å². The van der Waals surface area contributed by atoms with Gasteiger partial charge in [0.25, 0.3) is 0 Å². The number of ether oxygens (including phenoxy) is 1. The summed E-state index contributed by atoms with van der Waals surface area (Å²) in [6.07, 6.45) is 0.497. The van der Waals surface area contributed by atoms with Gasteiger partial charge in [0.1, 0.15) is 11.6 Å². The maximum atomic E-state index is 14.3. The lowest BCUT2D eigenvalue weighted by molar-refractivity contribution is -0.141. The molecule has 3 rings (SSSR count). The second-order valence-corrected chi connectivity index (χ2v) is 8.50. The van der Waals surface area contributed by atoms with Crippen LogP contribution in [0.15, 0.2) is 48.5 Å². The standard InChI is InChI=1S/C25H32F2N4O3/c1-29-24(32)23(14-18-5-3-4-6-21(18)27)30-11-12-31(20(15-30)16-34-2)25(33)22(28)13-17-7-9-19(26)10-8-17/h3-10,20,22-23H,11-16,28H2,1-2H3,(H,29,32). The second kappa shape index (κ2) is 12.0. The fourth-order valence-electron chi connectivity index (χ4n) is 4.39.